The van der Waals surface area contributed by atoms with Crippen LogP contribution in [0, 0.1) is 0 Å². The molecule has 9 heteroatoms. The van der Waals surface area contributed by atoms with Crippen LogP contribution in [-0.4, -0.2) is 71.6 Å². The first-order valence-electron chi connectivity index (χ1n) is 8.66. The molecule has 0 spiro atoms. The summed E-state index contributed by atoms with van der Waals surface area (Å²) < 4.78 is 44.5. The van der Waals surface area contributed by atoms with Crippen molar-refractivity contribution in [1.29, 1.82) is 0 Å². The molecular formula is C18H29NO7S. The van der Waals surface area contributed by atoms with Crippen LogP contribution in [0.4, 0.5) is 4.79 Å². The van der Waals surface area contributed by atoms with E-state index in [1.165, 1.54) is 17.0 Å². The van der Waals surface area contributed by atoms with Crippen molar-refractivity contribution >= 4 is 16.2 Å². The number of hydrogen-bond acceptors (Lipinski definition) is 7. The second-order valence-electron chi connectivity index (χ2n) is 6.72. The highest BCUT2D eigenvalue weighted by Crippen LogP contribution is 2.11. The zero-order valence-corrected chi connectivity index (χ0v) is 17.2. The van der Waals surface area contributed by atoms with Gasteiger partial charge in [0.25, 0.3) is 10.1 Å². The molecule has 0 unspecified atom stereocenters. The first kappa shape index (κ1) is 23.4. The van der Waals surface area contributed by atoms with Crippen LogP contribution in [0.2, 0.25) is 0 Å². The van der Waals surface area contributed by atoms with Gasteiger partial charge in [0.1, 0.15) is 5.60 Å². The Kier molecular flexibility index (Phi) is 9.71. The molecule has 0 radical (unpaired) electrons. The van der Waals surface area contributed by atoms with Gasteiger partial charge in [-0.25, -0.2) is 4.79 Å². The molecule has 0 aromatic heterocycles. The minimum atomic E-state index is -3.75. The van der Waals surface area contributed by atoms with E-state index < -0.39 is 21.8 Å². The SMILES string of the molecule is CN(CCOCCOCCOS(=O)(=O)c1ccccc1)C(=O)OC(C)(C)C. The van der Waals surface area contributed by atoms with Crippen molar-refractivity contribution in [2.45, 2.75) is 31.3 Å². The Morgan fingerprint density at radius 3 is 2.11 bits per heavy atom. The zero-order valence-electron chi connectivity index (χ0n) is 16.3. The summed E-state index contributed by atoms with van der Waals surface area (Å²) in [6.07, 6.45) is -0.404. The van der Waals surface area contributed by atoms with Gasteiger partial charge in [-0.05, 0) is 32.9 Å². The maximum atomic E-state index is 11.9. The van der Waals surface area contributed by atoms with Crippen LogP contribution in [0.25, 0.3) is 0 Å². The summed E-state index contributed by atoms with van der Waals surface area (Å²) in [6, 6.07) is 7.93. The molecule has 0 saturated carbocycles. The average molecular weight is 403 g/mol. The van der Waals surface area contributed by atoms with E-state index >= 15 is 0 Å². The lowest BCUT2D eigenvalue weighted by molar-refractivity contribution is 0.0135. The second kappa shape index (κ2) is 11.2. The Balaban J connectivity index is 2.06. The second-order valence-corrected chi connectivity index (χ2v) is 8.33. The fourth-order valence-corrected chi connectivity index (χ4v) is 2.73. The Hall–Kier alpha value is -1.68. The number of carbonyl (C=O) groups is 1. The number of hydrogen-bond donors (Lipinski definition) is 0. The molecule has 1 aromatic rings. The average Bonchev–Trinajstić information content (AvgIpc) is 2.59. The molecule has 0 aliphatic rings. The van der Waals surface area contributed by atoms with Gasteiger partial charge in [-0.1, -0.05) is 18.2 Å². The van der Waals surface area contributed by atoms with Crippen molar-refractivity contribution in [3.63, 3.8) is 0 Å². The number of rotatable bonds is 11. The monoisotopic (exact) mass is 403 g/mol. The first-order chi connectivity index (χ1) is 12.6. The van der Waals surface area contributed by atoms with Gasteiger partial charge < -0.3 is 19.1 Å². The molecule has 154 valence electrons. The summed E-state index contributed by atoms with van der Waals surface area (Å²) in [7, 11) is -2.12. The summed E-state index contributed by atoms with van der Waals surface area (Å²) in [6.45, 7) is 6.85. The van der Waals surface area contributed by atoms with Gasteiger partial charge in [0.15, 0.2) is 0 Å². The van der Waals surface area contributed by atoms with Crippen LogP contribution in [-0.2, 0) is 28.5 Å². The smallest absolute Gasteiger partial charge is 0.410 e. The molecule has 8 nitrogen and oxygen atoms in total. The molecule has 1 rings (SSSR count). The molecule has 1 amide bonds. The molecule has 0 heterocycles. The van der Waals surface area contributed by atoms with Gasteiger partial charge >= 0.3 is 6.09 Å². The van der Waals surface area contributed by atoms with Crippen LogP contribution in [0.1, 0.15) is 20.8 Å². The van der Waals surface area contributed by atoms with Crippen molar-refractivity contribution in [1.82, 2.24) is 4.90 Å². The van der Waals surface area contributed by atoms with E-state index in [1.807, 2.05) is 0 Å². The van der Waals surface area contributed by atoms with Gasteiger partial charge in [-0.15, -0.1) is 0 Å². The predicted octanol–water partition coefficient (Wildman–Crippen LogP) is 2.29. The first-order valence-corrected chi connectivity index (χ1v) is 10.1. The molecule has 0 aliphatic heterocycles. The molecular weight excluding hydrogens is 374 g/mol. The van der Waals surface area contributed by atoms with Crippen molar-refractivity contribution in [3.05, 3.63) is 30.3 Å². The fourth-order valence-electron chi connectivity index (χ4n) is 1.81. The number of nitrogens with zero attached hydrogens (tertiary/aromatic N) is 1. The lowest BCUT2D eigenvalue weighted by Gasteiger charge is -2.24. The highest BCUT2D eigenvalue weighted by atomic mass is 32.2. The van der Waals surface area contributed by atoms with Gasteiger partial charge in [-0.2, -0.15) is 8.42 Å². The topological polar surface area (TPSA) is 91.4 Å². The van der Waals surface area contributed by atoms with Gasteiger partial charge in [0.05, 0.1) is 37.9 Å². The van der Waals surface area contributed by atoms with Crippen molar-refractivity contribution in [3.8, 4) is 0 Å². The molecule has 0 atom stereocenters. The highest BCUT2D eigenvalue weighted by Gasteiger charge is 2.19. The number of carbonyl (C=O) groups excluding carboxylic acids is 1. The predicted molar refractivity (Wildman–Crippen MR) is 100 cm³/mol. The maximum absolute atomic E-state index is 11.9. The minimum Gasteiger partial charge on any atom is -0.444 e. The van der Waals surface area contributed by atoms with Crippen molar-refractivity contribution in [2.24, 2.45) is 0 Å². The largest absolute Gasteiger partial charge is 0.444 e. The summed E-state index contributed by atoms with van der Waals surface area (Å²) >= 11 is 0. The normalized spacial score (nSPS) is 12.0. The number of likely N-dealkylation sites (N-methyl/N-ethyl adjacent to an activating group) is 1. The van der Waals surface area contributed by atoms with E-state index in [0.29, 0.717) is 26.4 Å². The van der Waals surface area contributed by atoms with Crippen LogP contribution in [0.5, 0.6) is 0 Å². The van der Waals surface area contributed by atoms with E-state index in [4.69, 9.17) is 18.4 Å². The standard InChI is InChI=1S/C18H29NO7S/c1-18(2,3)26-17(20)19(4)10-11-23-12-13-24-14-15-25-27(21,22)16-8-6-5-7-9-16/h5-9H,10-15H2,1-4H3. The zero-order chi connectivity index (χ0) is 20.3. The fraction of sp³-hybridized carbons (Fsp3) is 0.611. The molecule has 0 saturated heterocycles. The Morgan fingerprint density at radius 1 is 0.963 bits per heavy atom. The molecule has 0 fully saturated rings. The van der Waals surface area contributed by atoms with E-state index in [1.54, 1.807) is 46.0 Å². The molecule has 0 aliphatic carbocycles. The third-order valence-corrected chi connectivity index (χ3v) is 4.47. The summed E-state index contributed by atoms with van der Waals surface area (Å²) in [5, 5.41) is 0. The van der Waals surface area contributed by atoms with Crippen LogP contribution >= 0.6 is 0 Å². The van der Waals surface area contributed by atoms with Crippen LogP contribution in [0.15, 0.2) is 35.2 Å². The third kappa shape index (κ3) is 10.3. The van der Waals surface area contributed by atoms with Gasteiger partial charge in [-0.3, -0.25) is 4.18 Å². The van der Waals surface area contributed by atoms with E-state index in [2.05, 4.69) is 0 Å². The Bertz CT molecular complexity index is 656. The van der Waals surface area contributed by atoms with Crippen molar-refractivity contribution < 1.29 is 31.6 Å². The Morgan fingerprint density at radius 2 is 1.52 bits per heavy atom. The molecule has 27 heavy (non-hydrogen) atoms. The summed E-state index contributed by atoms with van der Waals surface area (Å²) in [5.74, 6) is 0. The van der Waals surface area contributed by atoms with Crippen molar-refractivity contribution in [2.75, 3.05) is 46.6 Å². The number of amides is 1. The Labute approximate surface area is 161 Å². The van der Waals surface area contributed by atoms with E-state index in [0.717, 1.165) is 0 Å². The van der Waals surface area contributed by atoms with Gasteiger partial charge in [0.2, 0.25) is 0 Å². The van der Waals surface area contributed by atoms with E-state index in [-0.39, 0.29) is 18.1 Å². The highest BCUT2D eigenvalue weighted by molar-refractivity contribution is 7.86. The number of ether oxygens (including phenoxy) is 3. The van der Waals surface area contributed by atoms with E-state index in [9.17, 15) is 13.2 Å². The quantitative estimate of drug-likeness (QED) is 0.413. The van der Waals surface area contributed by atoms with Crippen LogP contribution in [0.3, 0.4) is 0 Å². The lowest BCUT2D eigenvalue weighted by Crippen LogP contribution is -2.36. The molecule has 0 bridgehead atoms. The third-order valence-electron chi connectivity index (χ3n) is 3.15. The molecule has 0 N–H and O–H groups in total. The lowest BCUT2D eigenvalue weighted by atomic mass is 10.2. The maximum Gasteiger partial charge on any atom is 0.410 e. The minimum absolute atomic E-state index is 0.0708. The van der Waals surface area contributed by atoms with Gasteiger partial charge in [0, 0.05) is 13.6 Å². The number of benzene rings is 1. The summed E-state index contributed by atoms with van der Waals surface area (Å²) in [5.41, 5.74) is -0.532. The molecule has 1 aromatic carbocycles. The summed E-state index contributed by atoms with van der Waals surface area (Å²) in [4.78, 5) is 13.3. The van der Waals surface area contributed by atoms with Crippen LogP contribution < -0.4 is 0 Å².